The van der Waals surface area contributed by atoms with E-state index in [4.69, 9.17) is 13.9 Å². The molecule has 0 unspecified atom stereocenters. The SMILES string of the molecule is COc1ccc(N2CCN(C(=O)c3ccco3)[C@H](C)C2=O)c(OC)c1. The molecule has 2 amide bonds. The van der Waals surface area contributed by atoms with Crippen LogP contribution in [0.1, 0.15) is 17.5 Å². The van der Waals surface area contributed by atoms with Gasteiger partial charge in [0.2, 0.25) is 5.91 Å². The number of nitrogens with zero attached hydrogens (tertiary/aromatic N) is 2. The highest BCUT2D eigenvalue weighted by atomic mass is 16.5. The molecular weight excluding hydrogens is 324 g/mol. The van der Waals surface area contributed by atoms with Gasteiger partial charge in [0.1, 0.15) is 17.5 Å². The Morgan fingerprint density at radius 1 is 1.20 bits per heavy atom. The first-order valence-electron chi connectivity index (χ1n) is 7.94. The zero-order valence-corrected chi connectivity index (χ0v) is 14.4. The van der Waals surface area contributed by atoms with Gasteiger partial charge in [-0.05, 0) is 31.2 Å². The predicted octanol–water partition coefficient (Wildman–Crippen LogP) is 2.17. The molecule has 1 aliphatic rings. The molecule has 1 atom stereocenters. The molecule has 0 N–H and O–H groups in total. The van der Waals surface area contributed by atoms with Gasteiger partial charge in [0.25, 0.3) is 5.91 Å². The minimum Gasteiger partial charge on any atom is -0.497 e. The molecule has 0 radical (unpaired) electrons. The molecule has 0 saturated carbocycles. The Bertz CT molecular complexity index is 772. The Kier molecular flexibility index (Phi) is 4.65. The number of furan rings is 1. The maximum atomic E-state index is 12.8. The van der Waals surface area contributed by atoms with Crippen molar-refractivity contribution < 1.29 is 23.5 Å². The first kappa shape index (κ1) is 16.9. The lowest BCUT2D eigenvalue weighted by Crippen LogP contribution is -2.57. The Labute approximate surface area is 145 Å². The molecular formula is C18H20N2O5. The third kappa shape index (κ3) is 3.05. The van der Waals surface area contributed by atoms with E-state index in [1.165, 1.54) is 11.2 Å². The molecule has 2 heterocycles. The second kappa shape index (κ2) is 6.88. The van der Waals surface area contributed by atoms with Gasteiger partial charge in [-0.3, -0.25) is 9.59 Å². The highest BCUT2D eigenvalue weighted by Gasteiger charge is 2.37. The van der Waals surface area contributed by atoms with E-state index in [0.29, 0.717) is 30.3 Å². The van der Waals surface area contributed by atoms with Gasteiger partial charge in [-0.25, -0.2) is 0 Å². The minimum absolute atomic E-state index is 0.172. The summed E-state index contributed by atoms with van der Waals surface area (Å²) in [6.45, 7) is 2.49. The number of rotatable bonds is 4. The lowest BCUT2D eigenvalue weighted by atomic mass is 10.1. The summed E-state index contributed by atoms with van der Waals surface area (Å²) in [5.41, 5.74) is 0.658. The largest absolute Gasteiger partial charge is 0.497 e. The van der Waals surface area contributed by atoms with E-state index in [2.05, 4.69) is 0 Å². The topological polar surface area (TPSA) is 72.2 Å². The molecule has 0 spiro atoms. The smallest absolute Gasteiger partial charge is 0.290 e. The Morgan fingerprint density at radius 2 is 2.00 bits per heavy atom. The molecule has 0 aliphatic carbocycles. The number of carbonyl (C=O) groups excluding carboxylic acids is 2. The van der Waals surface area contributed by atoms with Crippen LogP contribution in [0.5, 0.6) is 11.5 Å². The molecule has 132 valence electrons. The normalized spacial score (nSPS) is 17.6. The van der Waals surface area contributed by atoms with Gasteiger partial charge < -0.3 is 23.7 Å². The van der Waals surface area contributed by atoms with Crippen LogP contribution in [0.4, 0.5) is 5.69 Å². The number of anilines is 1. The van der Waals surface area contributed by atoms with Crippen molar-refractivity contribution in [2.45, 2.75) is 13.0 Å². The number of benzene rings is 1. The van der Waals surface area contributed by atoms with Crippen molar-refractivity contribution in [3.63, 3.8) is 0 Å². The van der Waals surface area contributed by atoms with Crippen LogP contribution < -0.4 is 14.4 Å². The van der Waals surface area contributed by atoms with E-state index < -0.39 is 6.04 Å². The van der Waals surface area contributed by atoms with Crippen LogP contribution in [0, 0.1) is 0 Å². The Hall–Kier alpha value is -2.96. The molecule has 0 bridgehead atoms. The average Bonchev–Trinajstić information content (AvgIpc) is 3.17. The molecule has 1 saturated heterocycles. The van der Waals surface area contributed by atoms with E-state index in [1.54, 1.807) is 56.4 Å². The summed E-state index contributed by atoms with van der Waals surface area (Å²) in [6, 6.07) is 7.94. The molecule has 3 rings (SSSR count). The van der Waals surface area contributed by atoms with Gasteiger partial charge in [-0.2, -0.15) is 0 Å². The van der Waals surface area contributed by atoms with Crippen LogP contribution in [0.15, 0.2) is 41.0 Å². The Morgan fingerprint density at radius 3 is 2.64 bits per heavy atom. The van der Waals surface area contributed by atoms with E-state index in [0.717, 1.165) is 0 Å². The monoisotopic (exact) mass is 344 g/mol. The molecule has 2 aromatic rings. The number of ether oxygens (including phenoxy) is 2. The van der Waals surface area contributed by atoms with Crippen LogP contribution in [0.2, 0.25) is 0 Å². The summed E-state index contributed by atoms with van der Waals surface area (Å²) < 4.78 is 15.7. The molecule has 1 aliphatic heterocycles. The van der Waals surface area contributed by atoms with Gasteiger partial charge >= 0.3 is 0 Å². The predicted molar refractivity (Wildman–Crippen MR) is 91.1 cm³/mol. The third-order valence-electron chi connectivity index (χ3n) is 4.33. The number of methoxy groups -OCH3 is 2. The first-order chi connectivity index (χ1) is 12.1. The Balaban J connectivity index is 1.84. The van der Waals surface area contributed by atoms with Crippen molar-refractivity contribution in [2.75, 3.05) is 32.2 Å². The number of piperazine rings is 1. The second-order valence-corrected chi connectivity index (χ2v) is 5.68. The molecule has 1 aromatic heterocycles. The molecule has 1 fully saturated rings. The number of hydrogen-bond acceptors (Lipinski definition) is 5. The average molecular weight is 344 g/mol. The van der Waals surface area contributed by atoms with Gasteiger partial charge in [0.15, 0.2) is 5.76 Å². The van der Waals surface area contributed by atoms with Crippen molar-refractivity contribution in [3.05, 3.63) is 42.4 Å². The maximum absolute atomic E-state index is 12.8. The summed E-state index contributed by atoms with van der Waals surface area (Å²) in [5.74, 6) is 0.968. The van der Waals surface area contributed by atoms with Crippen LogP contribution in [-0.4, -0.2) is 50.1 Å². The summed E-state index contributed by atoms with van der Waals surface area (Å²) >= 11 is 0. The van der Waals surface area contributed by atoms with Crippen LogP contribution in [-0.2, 0) is 4.79 Å². The summed E-state index contributed by atoms with van der Waals surface area (Å²) in [4.78, 5) is 28.5. The highest BCUT2D eigenvalue weighted by molar-refractivity contribution is 6.03. The molecule has 1 aromatic carbocycles. The van der Waals surface area contributed by atoms with Crippen molar-refractivity contribution >= 4 is 17.5 Å². The maximum Gasteiger partial charge on any atom is 0.290 e. The number of hydrogen-bond donors (Lipinski definition) is 0. The van der Waals surface area contributed by atoms with Gasteiger partial charge in [0, 0.05) is 19.2 Å². The fraction of sp³-hybridized carbons (Fsp3) is 0.333. The highest BCUT2D eigenvalue weighted by Crippen LogP contribution is 2.34. The van der Waals surface area contributed by atoms with Crippen molar-refractivity contribution in [1.82, 2.24) is 4.90 Å². The van der Waals surface area contributed by atoms with Gasteiger partial charge in [-0.1, -0.05) is 0 Å². The summed E-state index contributed by atoms with van der Waals surface area (Å²) in [6.07, 6.45) is 1.44. The fourth-order valence-corrected chi connectivity index (χ4v) is 2.94. The molecule has 7 heteroatoms. The lowest BCUT2D eigenvalue weighted by molar-refractivity contribution is -0.124. The van der Waals surface area contributed by atoms with Crippen molar-refractivity contribution in [3.8, 4) is 11.5 Å². The van der Waals surface area contributed by atoms with E-state index in [9.17, 15) is 9.59 Å². The molecule has 25 heavy (non-hydrogen) atoms. The zero-order valence-electron chi connectivity index (χ0n) is 14.4. The number of carbonyl (C=O) groups is 2. The first-order valence-corrected chi connectivity index (χ1v) is 7.94. The van der Waals surface area contributed by atoms with Crippen LogP contribution in [0.3, 0.4) is 0 Å². The quantitative estimate of drug-likeness (QED) is 0.850. The summed E-state index contributed by atoms with van der Waals surface area (Å²) in [7, 11) is 3.11. The zero-order chi connectivity index (χ0) is 18.0. The standard InChI is InChI=1S/C18H20N2O5/c1-12-17(21)20(14-7-6-13(23-2)11-16(14)24-3)9-8-19(12)18(22)15-5-4-10-25-15/h4-7,10-12H,8-9H2,1-3H3/t12-/m1/s1. The minimum atomic E-state index is -0.599. The third-order valence-corrected chi connectivity index (χ3v) is 4.33. The van der Waals surface area contributed by atoms with Crippen LogP contribution in [0.25, 0.3) is 0 Å². The lowest BCUT2D eigenvalue weighted by Gasteiger charge is -2.39. The summed E-state index contributed by atoms with van der Waals surface area (Å²) in [5, 5.41) is 0. The van der Waals surface area contributed by atoms with E-state index in [-0.39, 0.29) is 17.6 Å². The van der Waals surface area contributed by atoms with E-state index in [1.807, 2.05) is 0 Å². The molecule has 7 nitrogen and oxygen atoms in total. The van der Waals surface area contributed by atoms with Gasteiger partial charge in [0.05, 0.1) is 26.2 Å². The van der Waals surface area contributed by atoms with Gasteiger partial charge in [-0.15, -0.1) is 0 Å². The van der Waals surface area contributed by atoms with Crippen molar-refractivity contribution in [1.29, 1.82) is 0 Å². The van der Waals surface area contributed by atoms with Crippen LogP contribution >= 0.6 is 0 Å². The second-order valence-electron chi connectivity index (χ2n) is 5.68. The van der Waals surface area contributed by atoms with Crippen molar-refractivity contribution in [2.24, 2.45) is 0 Å². The fourth-order valence-electron chi connectivity index (χ4n) is 2.94. The number of amides is 2. The van der Waals surface area contributed by atoms with E-state index >= 15 is 0 Å².